The molecule has 5 nitrogen and oxygen atoms in total. The molecule has 0 radical (unpaired) electrons. The molecule has 1 atom stereocenters. The van der Waals surface area contributed by atoms with Crippen LogP contribution < -0.4 is 10.6 Å². The predicted molar refractivity (Wildman–Crippen MR) is 73.2 cm³/mol. The summed E-state index contributed by atoms with van der Waals surface area (Å²) < 4.78 is 0. The molecule has 19 heavy (non-hydrogen) atoms. The van der Waals surface area contributed by atoms with Crippen molar-refractivity contribution in [2.24, 2.45) is 0 Å². The molecule has 1 rings (SSSR count). The zero-order valence-corrected chi connectivity index (χ0v) is 11.0. The van der Waals surface area contributed by atoms with Gasteiger partial charge in [-0.2, -0.15) is 0 Å². The third-order valence-corrected chi connectivity index (χ3v) is 2.85. The fourth-order valence-corrected chi connectivity index (χ4v) is 1.55. The van der Waals surface area contributed by atoms with E-state index in [-0.39, 0.29) is 6.42 Å². The fraction of sp³-hybridized carbons (Fsp3) is 0.231. The van der Waals surface area contributed by atoms with Gasteiger partial charge in [-0.25, -0.2) is 9.59 Å². The Balaban J connectivity index is 2.72. The van der Waals surface area contributed by atoms with Gasteiger partial charge in [0.05, 0.1) is 0 Å². The van der Waals surface area contributed by atoms with Crippen LogP contribution in [-0.4, -0.2) is 23.1 Å². The molecule has 0 heterocycles. The van der Waals surface area contributed by atoms with Gasteiger partial charge < -0.3 is 15.7 Å². The summed E-state index contributed by atoms with van der Waals surface area (Å²) >= 11 is 5.91. The SMILES string of the molecule is C#CCC(NC(=O)Nc1cccc(Cl)c1C)C(=O)O. The van der Waals surface area contributed by atoms with E-state index in [9.17, 15) is 9.59 Å². The van der Waals surface area contributed by atoms with Gasteiger partial charge in [0.25, 0.3) is 0 Å². The Labute approximate surface area is 116 Å². The van der Waals surface area contributed by atoms with Gasteiger partial charge in [-0.15, -0.1) is 12.3 Å². The number of rotatable bonds is 4. The van der Waals surface area contributed by atoms with Crippen LogP contribution >= 0.6 is 11.6 Å². The second-order valence-electron chi connectivity index (χ2n) is 3.81. The van der Waals surface area contributed by atoms with E-state index < -0.39 is 18.0 Å². The molecule has 0 aliphatic carbocycles. The van der Waals surface area contributed by atoms with Crippen LogP contribution in [0.15, 0.2) is 18.2 Å². The maximum Gasteiger partial charge on any atom is 0.327 e. The second kappa shape index (κ2) is 6.66. The second-order valence-corrected chi connectivity index (χ2v) is 4.22. The van der Waals surface area contributed by atoms with Crippen LogP contribution in [0.5, 0.6) is 0 Å². The highest BCUT2D eigenvalue weighted by molar-refractivity contribution is 6.31. The Kier molecular flexibility index (Phi) is 5.22. The minimum Gasteiger partial charge on any atom is -0.480 e. The number of amides is 2. The fourth-order valence-electron chi connectivity index (χ4n) is 1.38. The van der Waals surface area contributed by atoms with Crippen molar-refractivity contribution in [3.8, 4) is 12.3 Å². The summed E-state index contributed by atoms with van der Waals surface area (Å²) in [6.45, 7) is 1.74. The van der Waals surface area contributed by atoms with E-state index in [0.29, 0.717) is 16.3 Å². The number of hydrogen-bond acceptors (Lipinski definition) is 2. The molecule has 0 saturated heterocycles. The van der Waals surface area contributed by atoms with Crippen molar-refractivity contribution in [2.45, 2.75) is 19.4 Å². The Hall–Kier alpha value is -2.19. The van der Waals surface area contributed by atoms with Gasteiger partial charge in [-0.05, 0) is 24.6 Å². The normalized spacial score (nSPS) is 11.2. The Morgan fingerprint density at radius 2 is 2.21 bits per heavy atom. The largest absolute Gasteiger partial charge is 0.480 e. The van der Waals surface area contributed by atoms with Crippen LogP contribution in [0.2, 0.25) is 5.02 Å². The quantitative estimate of drug-likeness (QED) is 0.740. The average molecular weight is 281 g/mol. The Morgan fingerprint density at radius 1 is 1.53 bits per heavy atom. The third-order valence-electron chi connectivity index (χ3n) is 2.44. The van der Waals surface area contributed by atoms with Crippen LogP contribution in [0.4, 0.5) is 10.5 Å². The van der Waals surface area contributed by atoms with Crippen molar-refractivity contribution < 1.29 is 14.7 Å². The molecule has 0 spiro atoms. The van der Waals surface area contributed by atoms with E-state index in [1.165, 1.54) is 0 Å². The molecule has 1 aromatic carbocycles. The van der Waals surface area contributed by atoms with Gasteiger partial charge >= 0.3 is 12.0 Å². The number of hydrogen-bond donors (Lipinski definition) is 3. The molecule has 3 N–H and O–H groups in total. The van der Waals surface area contributed by atoms with Crippen molar-refractivity contribution in [1.29, 1.82) is 0 Å². The van der Waals surface area contributed by atoms with Gasteiger partial charge in [0, 0.05) is 17.1 Å². The number of nitrogens with one attached hydrogen (secondary N) is 2. The molecule has 0 aliphatic rings. The molecule has 1 aromatic rings. The van der Waals surface area contributed by atoms with E-state index >= 15 is 0 Å². The van der Waals surface area contributed by atoms with Crippen LogP contribution in [0.1, 0.15) is 12.0 Å². The monoisotopic (exact) mass is 280 g/mol. The number of aliphatic carboxylic acids is 1. The average Bonchev–Trinajstić information content (AvgIpc) is 2.34. The minimum absolute atomic E-state index is 0.0860. The Bertz CT molecular complexity index is 537. The number of benzene rings is 1. The van der Waals surface area contributed by atoms with Crippen LogP contribution in [0, 0.1) is 19.3 Å². The molecular weight excluding hydrogens is 268 g/mol. The molecule has 0 aliphatic heterocycles. The summed E-state index contributed by atoms with van der Waals surface area (Å²) in [5.74, 6) is 1.01. The first kappa shape index (κ1) is 14.9. The van der Waals surface area contributed by atoms with E-state index in [1.807, 2.05) is 0 Å². The van der Waals surface area contributed by atoms with Crippen molar-refractivity contribution >= 4 is 29.3 Å². The summed E-state index contributed by atoms with van der Waals surface area (Å²) in [6.07, 6.45) is 4.95. The number of terminal acetylenes is 1. The van der Waals surface area contributed by atoms with E-state index in [1.54, 1.807) is 25.1 Å². The number of carboxylic acid groups (broad SMARTS) is 1. The van der Waals surface area contributed by atoms with Gasteiger partial charge in [0.2, 0.25) is 0 Å². The lowest BCUT2D eigenvalue weighted by atomic mass is 10.2. The Morgan fingerprint density at radius 3 is 2.79 bits per heavy atom. The van der Waals surface area contributed by atoms with Crippen LogP contribution in [0.25, 0.3) is 0 Å². The van der Waals surface area contributed by atoms with Crippen molar-refractivity contribution in [3.05, 3.63) is 28.8 Å². The maximum absolute atomic E-state index is 11.7. The summed E-state index contributed by atoms with van der Waals surface area (Å²) in [6, 6.07) is 3.27. The van der Waals surface area contributed by atoms with Gasteiger partial charge in [0.1, 0.15) is 6.04 Å². The number of carbonyl (C=O) groups is 2. The molecule has 6 heteroatoms. The smallest absolute Gasteiger partial charge is 0.327 e. The number of carbonyl (C=O) groups excluding carboxylic acids is 1. The molecule has 0 saturated carbocycles. The number of urea groups is 1. The zero-order chi connectivity index (χ0) is 14.4. The first-order valence-electron chi connectivity index (χ1n) is 5.44. The van der Waals surface area contributed by atoms with Gasteiger partial charge in [-0.1, -0.05) is 17.7 Å². The number of halogens is 1. The number of anilines is 1. The molecule has 2 amide bonds. The van der Waals surface area contributed by atoms with Crippen LogP contribution in [-0.2, 0) is 4.79 Å². The number of carboxylic acids is 1. The molecule has 0 fully saturated rings. The van der Waals surface area contributed by atoms with E-state index in [0.717, 1.165) is 0 Å². The molecule has 0 aromatic heterocycles. The molecular formula is C13H13ClN2O3. The van der Waals surface area contributed by atoms with Crippen molar-refractivity contribution in [3.63, 3.8) is 0 Å². The summed E-state index contributed by atoms with van der Waals surface area (Å²) in [4.78, 5) is 22.5. The summed E-state index contributed by atoms with van der Waals surface area (Å²) in [5, 5.41) is 14.2. The maximum atomic E-state index is 11.7. The summed E-state index contributed by atoms with van der Waals surface area (Å²) in [5.41, 5.74) is 1.21. The first-order chi connectivity index (χ1) is 8.95. The molecule has 1 unspecified atom stereocenters. The van der Waals surface area contributed by atoms with E-state index in [4.69, 9.17) is 23.1 Å². The van der Waals surface area contributed by atoms with Gasteiger partial charge in [-0.3, -0.25) is 0 Å². The minimum atomic E-state index is -1.18. The standard InChI is InChI=1S/C13H13ClN2O3/c1-3-5-11(12(17)18)16-13(19)15-10-7-4-6-9(14)8(10)2/h1,4,6-7,11H,5H2,2H3,(H,17,18)(H2,15,16,19). The zero-order valence-electron chi connectivity index (χ0n) is 10.2. The van der Waals surface area contributed by atoms with Crippen molar-refractivity contribution in [1.82, 2.24) is 5.32 Å². The first-order valence-corrected chi connectivity index (χ1v) is 5.82. The highest BCUT2D eigenvalue weighted by Gasteiger charge is 2.19. The summed E-state index contributed by atoms with van der Waals surface area (Å²) in [7, 11) is 0. The molecule has 0 bridgehead atoms. The lowest BCUT2D eigenvalue weighted by Crippen LogP contribution is -2.42. The van der Waals surface area contributed by atoms with E-state index in [2.05, 4.69) is 16.6 Å². The third kappa shape index (κ3) is 4.19. The lowest BCUT2D eigenvalue weighted by molar-refractivity contribution is -0.139. The highest BCUT2D eigenvalue weighted by atomic mass is 35.5. The van der Waals surface area contributed by atoms with Gasteiger partial charge in [0.15, 0.2) is 0 Å². The van der Waals surface area contributed by atoms with Crippen molar-refractivity contribution in [2.75, 3.05) is 5.32 Å². The topological polar surface area (TPSA) is 78.4 Å². The lowest BCUT2D eigenvalue weighted by Gasteiger charge is -2.14. The highest BCUT2D eigenvalue weighted by Crippen LogP contribution is 2.22. The molecule has 100 valence electrons. The predicted octanol–water partition coefficient (Wildman–Crippen LogP) is 2.25. The van der Waals surface area contributed by atoms with Crippen LogP contribution in [0.3, 0.4) is 0 Å².